The summed E-state index contributed by atoms with van der Waals surface area (Å²) in [5, 5.41) is 12.8. The van der Waals surface area contributed by atoms with E-state index >= 15 is 0 Å². The number of anilines is 1. The van der Waals surface area contributed by atoms with Crippen molar-refractivity contribution in [2.45, 2.75) is 31.0 Å². The molecule has 2 heterocycles. The number of likely N-dealkylation sites (tertiary alicyclic amines) is 1. The largest absolute Gasteiger partial charge is 0.325 e. The Morgan fingerprint density at radius 3 is 2.31 bits per heavy atom. The number of amides is 1. The Bertz CT molecular complexity index is 1250. The van der Waals surface area contributed by atoms with Gasteiger partial charge in [0.1, 0.15) is 0 Å². The van der Waals surface area contributed by atoms with Crippen LogP contribution in [0.15, 0.2) is 90.1 Å². The second-order valence-electron chi connectivity index (χ2n) is 8.71. The molecule has 0 saturated carbocycles. The van der Waals surface area contributed by atoms with Gasteiger partial charge < -0.3 is 5.32 Å². The number of aromatic nitrogens is 3. The van der Waals surface area contributed by atoms with Crippen LogP contribution in [0.25, 0.3) is 5.69 Å². The maximum Gasteiger partial charge on any atom is 0.234 e. The fraction of sp³-hybridized carbons (Fsp3) is 0.250. The number of nitrogens with one attached hydrogen (secondary N) is 1. The zero-order chi connectivity index (χ0) is 23.9. The summed E-state index contributed by atoms with van der Waals surface area (Å²) in [4.78, 5) is 15.3. The second kappa shape index (κ2) is 11.3. The summed E-state index contributed by atoms with van der Waals surface area (Å²) in [5.74, 6) is 1.11. The Labute approximate surface area is 210 Å². The molecule has 3 aromatic carbocycles. The van der Waals surface area contributed by atoms with E-state index in [-0.39, 0.29) is 11.7 Å². The molecule has 0 spiro atoms. The highest BCUT2D eigenvalue weighted by Gasteiger charge is 2.20. The predicted octanol–water partition coefficient (Wildman–Crippen LogP) is 5.18. The van der Waals surface area contributed by atoms with Crippen LogP contribution in [0.3, 0.4) is 0 Å². The fourth-order valence-corrected chi connectivity index (χ4v) is 5.17. The van der Waals surface area contributed by atoms with Crippen molar-refractivity contribution in [1.82, 2.24) is 19.7 Å². The van der Waals surface area contributed by atoms with Gasteiger partial charge in [-0.05, 0) is 61.7 Å². The van der Waals surface area contributed by atoms with Crippen molar-refractivity contribution < 1.29 is 4.79 Å². The Hall–Kier alpha value is -3.42. The van der Waals surface area contributed by atoms with Gasteiger partial charge in [-0.25, -0.2) is 0 Å². The molecule has 1 aromatic heterocycles. The number of rotatable bonds is 9. The number of nitrogens with zero attached hydrogens (tertiary/aromatic N) is 4. The first-order valence-corrected chi connectivity index (χ1v) is 13.0. The Balaban J connectivity index is 1.28. The molecule has 7 heteroatoms. The topological polar surface area (TPSA) is 63.1 Å². The molecule has 1 fully saturated rings. The van der Waals surface area contributed by atoms with Gasteiger partial charge in [0.15, 0.2) is 11.0 Å². The van der Waals surface area contributed by atoms with Gasteiger partial charge in [0.25, 0.3) is 0 Å². The number of benzene rings is 3. The molecule has 0 radical (unpaired) electrons. The smallest absolute Gasteiger partial charge is 0.234 e. The number of para-hydroxylation sites is 2. The SMILES string of the molecule is O=C(CSc1nnc(CN2CCCC2)n1-c1ccccc1)Nc1ccccc1Cc1ccccc1. The summed E-state index contributed by atoms with van der Waals surface area (Å²) in [6, 6.07) is 28.4. The molecule has 5 rings (SSSR count). The lowest BCUT2D eigenvalue weighted by Gasteiger charge is -2.16. The van der Waals surface area contributed by atoms with Crippen LogP contribution in [0.1, 0.15) is 29.8 Å². The molecule has 0 atom stereocenters. The van der Waals surface area contributed by atoms with Crippen LogP contribution in [0.2, 0.25) is 0 Å². The zero-order valence-electron chi connectivity index (χ0n) is 19.6. The van der Waals surface area contributed by atoms with Crippen LogP contribution in [0.4, 0.5) is 5.69 Å². The van der Waals surface area contributed by atoms with Gasteiger partial charge in [0.2, 0.25) is 5.91 Å². The van der Waals surface area contributed by atoms with Gasteiger partial charge in [-0.15, -0.1) is 10.2 Å². The molecule has 0 aliphatic carbocycles. The minimum atomic E-state index is -0.0563. The maximum atomic E-state index is 12.9. The summed E-state index contributed by atoms with van der Waals surface area (Å²) >= 11 is 1.42. The Morgan fingerprint density at radius 1 is 0.857 bits per heavy atom. The van der Waals surface area contributed by atoms with Crippen molar-refractivity contribution >= 4 is 23.4 Å². The van der Waals surface area contributed by atoms with E-state index in [1.54, 1.807) is 0 Å². The summed E-state index contributed by atoms with van der Waals surface area (Å²) in [5.41, 5.74) is 4.17. The van der Waals surface area contributed by atoms with E-state index in [0.717, 1.165) is 54.0 Å². The molecule has 0 bridgehead atoms. The van der Waals surface area contributed by atoms with Crippen LogP contribution < -0.4 is 5.32 Å². The number of hydrogen-bond acceptors (Lipinski definition) is 5. The number of carbonyl (C=O) groups excluding carboxylic acids is 1. The average Bonchev–Trinajstić information content (AvgIpc) is 3.55. The van der Waals surface area contributed by atoms with Gasteiger partial charge in [0, 0.05) is 11.4 Å². The van der Waals surface area contributed by atoms with Gasteiger partial charge in [-0.3, -0.25) is 14.3 Å². The minimum Gasteiger partial charge on any atom is -0.325 e. The van der Waals surface area contributed by atoms with Crippen molar-refractivity contribution in [3.05, 3.63) is 102 Å². The Kier molecular flexibility index (Phi) is 7.56. The molecular formula is C28H29N5OS. The first-order valence-electron chi connectivity index (χ1n) is 12.0. The maximum absolute atomic E-state index is 12.9. The normalized spacial score (nSPS) is 13.7. The van der Waals surface area contributed by atoms with Gasteiger partial charge >= 0.3 is 0 Å². The number of carbonyl (C=O) groups is 1. The zero-order valence-corrected chi connectivity index (χ0v) is 20.5. The van der Waals surface area contributed by atoms with E-state index in [9.17, 15) is 4.79 Å². The summed E-state index contributed by atoms with van der Waals surface area (Å²) in [6.45, 7) is 2.95. The van der Waals surface area contributed by atoms with E-state index in [2.05, 4.69) is 55.3 Å². The number of hydrogen-bond donors (Lipinski definition) is 1. The molecule has 35 heavy (non-hydrogen) atoms. The summed E-state index contributed by atoms with van der Waals surface area (Å²) in [7, 11) is 0. The van der Waals surface area contributed by atoms with E-state index in [1.807, 2.05) is 54.6 Å². The van der Waals surface area contributed by atoms with Crippen molar-refractivity contribution in [3.8, 4) is 5.69 Å². The number of thioether (sulfide) groups is 1. The van der Waals surface area contributed by atoms with Gasteiger partial charge in [-0.2, -0.15) is 0 Å². The molecule has 1 saturated heterocycles. The highest BCUT2D eigenvalue weighted by molar-refractivity contribution is 7.99. The van der Waals surface area contributed by atoms with Crippen LogP contribution >= 0.6 is 11.8 Å². The van der Waals surface area contributed by atoms with Crippen molar-refractivity contribution in [2.75, 3.05) is 24.2 Å². The minimum absolute atomic E-state index is 0.0563. The Morgan fingerprint density at radius 2 is 1.54 bits per heavy atom. The van der Waals surface area contributed by atoms with E-state index in [0.29, 0.717) is 0 Å². The van der Waals surface area contributed by atoms with E-state index in [1.165, 1.54) is 30.2 Å². The second-order valence-corrected chi connectivity index (χ2v) is 9.65. The van der Waals surface area contributed by atoms with Crippen LogP contribution in [-0.2, 0) is 17.8 Å². The lowest BCUT2D eigenvalue weighted by Crippen LogP contribution is -2.21. The molecular weight excluding hydrogens is 454 g/mol. The molecule has 178 valence electrons. The van der Waals surface area contributed by atoms with Crippen molar-refractivity contribution in [3.63, 3.8) is 0 Å². The van der Waals surface area contributed by atoms with Gasteiger partial charge in [0.05, 0.1) is 12.3 Å². The lowest BCUT2D eigenvalue weighted by molar-refractivity contribution is -0.113. The molecule has 1 N–H and O–H groups in total. The highest BCUT2D eigenvalue weighted by Crippen LogP contribution is 2.25. The first kappa shape index (κ1) is 23.3. The monoisotopic (exact) mass is 483 g/mol. The highest BCUT2D eigenvalue weighted by atomic mass is 32.2. The van der Waals surface area contributed by atoms with Crippen LogP contribution in [0, 0.1) is 0 Å². The average molecular weight is 484 g/mol. The molecule has 1 amide bonds. The van der Waals surface area contributed by atoms with E-state index in [4.69, 9.17) is 0 Å². The van der Waals surface area contributed by atoms with Crippen molar-refractivity contribution in [2.24, 2.45) is 0 Å². The third kappa shape index (κ3) is 5.99. The van der Waals surface area contributed by atoms with E-state index < -0.39 is 0 Å². The standard InChI is InChI=1S/C28H29N5OS/c34-27(29-25-16-8-7-13-23(25)19-22-11-3-1-4-12-22)21-35-28-31-30-26(20-32-17-9-10-18-32)33(28)24-14-5-2-6-15-24/h1-8,11-16H,9-10,17-21H2,(H,29,34). The summed E-state index contributed by atoms with van der Waals surface area (Å²) < 4.78 is 2.08. The molecule has 0 unspecified atom stereocenters. The molecule has 1 aliphatic rings. The third-order valence-electron chi connectivity index (χ3n) is 6.14. The van der Waals surface area contributed by atoms with Crippen LogP contribution in [-0.4, -0.2) is 44.4 Å². The molecule has 4 aromatic rings. The van der Waals surface area contributed by atoms with Crippen LogP contribution in [0.5, 0.6) is 0 Å². The first-order chi connectivity index (χ1) is 17.3. The lowest BCUT2D eigenvalue weighted by atomic mass is 10.0. The third-order valence-corrected chi connectivity index (χ3v) is 7.07. The molecule has 1 aliphatic heterocycles. The summed E-state index contributed by atoms with van der Waals surface area (Å²) in [6.07, 6.45) is 3.23. The fourth-order valence-electron chi connectivity index (χ4n) is 4.40. The quantitative estimate of drug-likeness (QED) is 0.332. The predicted molar refractivity (Wildman–Crippen MR) is 141 cm³/mol. The molecule has 6 nitrogen and oxygen atoms in total. The van der Waals surface area contributed by atoms with Gasteiger partial charge in [-0.1, -0.05) is 78.5 Å². The van der Waals surface area contributed by atoms with Crippen molar-refractivity contribution in [1.29, 1.82) is 0 Å².